The number of hydrogen-bond acceptors (Lipinski definition) is 3. The lowest BCUT2D eigenvalue weighted by Crippen LogP contribution is -2.19. The smallest absolute Gasteiger partial charge is 0.166 e. The number of thioether (sulfide) groups is 1. The third kappa shape index (κ3) is 11.5. The van der Waals surface area contributed by atoms with Crippen LogP contribution in [0, 0.1) is 25.7 Å². The summed E-state index contributed by atoms with van der Waals surface area (Å²) in [5, 5.41) is 0. The first kappa shape index (κ1) is 34.3. The molecular weight excluding hydrogens is 476 g/mol. The van der Waals surface area contributed by atoms with E-state index in [2.05, 4.69) is 62.4 Å². The van der Waals surface area contributed by atoms with Gasteiger partial charge in [-0.1, -0.05) is 113 Å². The summed E-state index contributed by atoms with van der Waals surface area (Å²) in [4.78, 5) is 26.8. The Balaban J connectivity index is 0.00000247. The molecule has 0 aromatic heterocycles. The molecule has 0 radical (unpaired) electrons. The highest BCUT2D eigenvalue weighted by Crippen LogP contribution is 2.26. The lowest BCUT2D eigenvalue weighted by atomic mass is 9.91. The molecule has 202 valence electrons. The van der Waals surface area contributed by atoms with Crippen molar-refractivity contribution in [1.82, 2.24) is 0 Å². The van der Waals surface area contributed by atoms with Crippen LogP contribution in [-0.2, 0) is 6.42 Å². The first-order chi connectivity index (χ1) is 17.3. The van der Waals surface area contributed by atoms with Crippen LogP contribution in [-0.4, -0.2) is 22.8 Å². The maximum absolute atomic E-state index is 13.4. The van der Waals surface area contributed by atoms with Gasteiger partial charge in [-0.2, -0.15) is 0 Å². The Morgan fingerprint density at radius 2 is 1.11 bits per heavy atom. The van der Waals surface area contributed by atoms with Gasteiger partial charge >= 0.3 is 0 Å². The van der Waals surface area contributed by atoms with Crippen LogP contribution < -0.4 is 0 Å². The van der Waals surface area contributed by atoms with E-state index in [4.69, 9.17) is 0 Å². The summed E-state index contributed by atoms with van der Waals surface area (Å²) >= 11 is 1.73. The standard InChI is InChI=1S/C29H32O2S.2C2H6.H2O/c1-20(2)28(30)24-13-15-25(16-14-24)29(31)26(12-11-23-9-5-21(3)6-10-23)19-32-27-17-7-22(4)8-18-27;2*1-2;/h5-10,13-18,20,26H,11-12,19H2,1-4H3;2*1-2H3;1H2. The molecule has 0 aliphatic carbocycles. The van der Waals surface area contributed by atoms with Gasteiger partial charge in [0.05, 0.1) is 0 Å². The molecule has 0 amide bonds. The molecule has 1 unspecified atom stereocenters. The van der Waals surface area contributed by atoms with E-state index < -0.39 is 0 Å². The number of Topliss-reactive ketones (excluding diaryl/α,β-unsaturated/α-hetero) is 2. The van der Waals surface area contributed by atoms with E-state index in [-0.39, 0.29) is 28.9 Å². The van der Waals surface area contributed by atoms with Crippen LogP contribution in [0.15, 0.2) is 77.7 Å². The SMILES string of the molecule is CC.CC.Cc1ccc(CCC(CSc2ccc(C)cc2)C(=O)c2ccc(C(=O)C(C)C)cc2)cc1.O. The minimum absolute atomic E-state index is 0. The summed E-state index contributed by atoms with van der Waals surface area (Å²) in [6.45, 7) is 16.0. The van der Waals surface area contributed by atoms with E-state index in [0.29, 0.717) is 11.1 Å². The normalized spacial score (nSPS) is 10.7. The van der Waals surface area contributed by atoms with Gasteiger partial charge in [-0.25, -0.2) is 0 Å². The van der Waals surface area contributed by atoms with Gasteiger partial charge in [0.1, 0.15) is 0 Å². The van der Waals surface area contributed by atoms with Crippen molar-refractivity contribution in [2.75, 3.05) is 5.75 Å². The minimum Gasteiger partial charge on any atom is -0.412 e. The number of carbonyl (C=O) groups excluding carboxylic acids is 2. The second kappa shape index (κ2) is 18.5. The molecule has 3 rings (SSSR count). The number of rotatable bonds is 10. The zero-order valence-corrected chi connectivity index (χ0v) is 24.7. The molecule has 0 heterocycles. The lowest BCUT2D eigenvalue weighted by Gasteiger charge is -2.16. The number of aryl methyl sites for hydroxylation is 3. The molecule has 0 bridgehead atoms. The first-order valence-corrected chi connectivity index (χ1v) is 14.3. The molecule has 0 aliphatic rings. The summed E-state index contributed by atoms with van der Waals surface area (Å²) in [6, 6.07) is 24.2. The van der Waals surface area contributed by atoms with Gasteiger partial charge in [-0.3, -0.25) is 9.59 Å². The molecule has 1 atom stereocenters. The quantitative estimate of drug-likeness (QED) is 0.198. The van der Waals surface area contributed by atoms with Crippen LogP contribution >= 0.6 is 11.8 Å². The molecule has 3 aromatic rings. The van der Waals surface area contributed by atoms with Gasteiger partial charge in [-0.05, 0) is 44.4 Å². The van der Waals surface area contributed by atoms with Crippen LogP contribution in [0.1, 0.15) is 85.4 Å². The predicted octanol–water partition coefficient (Wildman–Crippen LogP) is 8.59. The Hall–Kier alpha value is -2.69. The van der Waals surface area contributed by atoms with Gasteiger partial charge in [0.2, 0.25) is 0 Å². The molecule has 0 spiro atoms. The maximum Gasteiger partial charge on any atom is 0.166 e. The van der Waals surface area contributed by atoms with E-state index in [1.54, 1.807) is 23.9 Å². The van der Waals surface area contributed by atoms with Gasteiger partial charge < -0.3 is 5.48 Å². The Morgan fingerprint density at radius 3 is 1.57 bits per heavy atom. The van der Waals surface area contributed by atoms with Gasteiger partial charge in [0, 0.05) is 33.6 Å². The zero-order valence-electron chi connectivity index (χ0n) is 23.9. The zero-order chi connectivity index (χ0) is 27.1. The summed E-state index contributed by atoms with van der Waals surface area (Å²) in [6.07, 6.45) is 1.67. The molecule has 0 saturated carbocycles. The molecule has 0 saturated heterocycles. The van der Waals surface area contributed by atoms with Crippen molar-refractivity contribution in [2.45, 2.75) is 73.1 Å². The van der Waals surface area contributed by atoms with E-state index in [0.717, 1.165) is 18.6 Å². The average Bonchev–Trinajstić information content (AvgIpc) is 2.92. The number of ketones is 2. The summed E-state index contributed by atoms with van der Waals surface area (Å²) in [5.74, 6) is 0.856. The van der Waals surface area contributed by atoms with Crippen molar-refractivity contribution in [1.29, 1.82) is 0 Å². The average molecular weight is 523 g/mol. The number of carbonyl (C=O) groups is 2. The fraction of sp³-hybridized carbons (Fsp3) is 0.394. The van der Waals surface area contributed by atoms with E-state index in [1.165, 1.54) is 21.6 Å². The van der Waals surface area contributed by atoms with Gasteiger partial charge in [0.25, 0.3) is 0 Å². The number of benzene rings is 3. The second-order valence-corrected chi connectivity index (χ2v) is 9.90. The van der Waals surface area contributed by atoms with Gasteiger partial charge in [0.15, 0.2) is 11.6 Å². The monoisotopic (exact) mass is 522 g/mol. The highest BCUT2D eigenvalue weighted by molar-refractivity contribution is 7.99. The van der Waals surface area contributed by atoms with Crippen molar-refractivity contribution in [2.24, 2.45) is 11.8 Å². The number of hydrogen-bond donors (Lipinski definition) is 0. The van der Waals surface area contributed by atoms with Crippen molar-refractivity contribution in [3.63, 3.8) is 0 Å². The summed E-state index contributed by atoms with van der Waals surface area (Å²) in [7, 11) is 0. The predicted molar refractivity (Wildman–Crippen MR) is 161 cm³/mol. The van der Waals surface area contributed by atoms with E-state index >= 15 is 0 Å². The molecular formula is C33H46O3S. The molecule has 37 heavy (non-hydrogen) atoms. The Kier molecular flexibility index (Phi) is 17.2. The summed E-state index contributed by atoms with van der Waals surface area (Å²) < 4.78 is 0. The first-order valence-electron chi connectivity index (χ1n) is 13.3. The molecule has 4 heteroatoms. The fourth-order valence-electron chi connectivity index (χ4n) is 3.58. The van der Waals surface area contributed by atoms with Crippen LogP contribution in [0.25, 0.3) is 0 Å². The lowest BCUT2D eigenvalue weighted by molar-refractivity contribution is 0.0920. The molecule has 3 nitrogen and oxygen atoms in total. The molecule has 0 fully saturated rings. The van der Waals surface area contributed by atoms with Crippen LogP contribution in [0.2, 0.25) is 0 Å². The Labute approximate surface area is 229 Å². The summed E-state index contributed by atoms with van der Waals surface area (Å²) in [5.41, 5.74) is 5.09. The highest BCUT2D eigenvalue weighted by Gasteiger charge is 2.21. The topological polar surface area (TPSA) is 65.6 Å². The van der Waals surface area contributed by atoms with Gasteiger partial charge in [-0.15, -0.1) is 11.8 Å². The van der Waals surface area contributed by atoms with Crippen molar-refractivity contribution < 1.29 is 15.1 Å². The Bertz CT molecular complexity index is 987. The van der Waals surface area contributed by atoms with Crippen molar-refractivity contribution in [3.05, 3.63) is 101 Å². The second-order valence-electron chi connectivity index (χ2n) is 8.81. The maximum atomic E-state index is 13.4. The molecule has 3 aromatic carbocycles. The van der Waals surface area contributed by atoms with Crippen LogP contribution in [0.4, 0.5) is 0 Å². The third-order valence-corrected chi connectivity index (χ3v) is 6.90. The van der Waals surface area contributed by atoms with E-state index in [9.17, 15) is 9.59 Å². The minimum atomic E-state index is -0.0887. The molecule has 2 N–H and O–H groups in total. The van der Waals surface area contributed by atoms with Crippen molar-refractivity contribution >= 4 is 23.3 Å². The van der Waals surface area contributed by atoms with Crippen LogP contribution in [0.3, 0.4) is 0 Å². The Morgan fingerprint density at radius 1 is 0.676 bits per heavy atom. The van der Waals surface area contributed by atoms with Crippen molar-refractivity contribution in [3.8, 4) is 0 Å². The van der Waals surface area contributed by atoms with E-state index in [1.807, 2.05) is 53.7 Å². The van der Waals surface area contributed by atoms with Crippen LogP contribution in [0.5, 0.6) is 0 Å². The molecule has 0 aliphatic heterocycles. The largest absolute Gasteiger partial charge is 0.412 e. The third-order valence-electron chi connectivity index (χ3n) is 5.72. The highest BCUT2D eigenvalue weighted by atomic mass is 32.2. The fourth-order valence-corrected chi connectivity index (χ4v) is 4.63.